The first-order valence-electron chi connectivity index (χ1n) is 4.33. The number of hydrogen-bond donors (Lipinski definition) is 2. The van der Waals surface area contributed by atoms with Gasteiger partial charge in [0.05, 0.1) is 6.04 Å². The lowest BCUT2D eigenvalue weighted by molar-refractivity contribution is -0.135. The van der Waals surface area contributed by atoms with Gasteiger partial charge in [0, 0.05) is 7.05 Å². The number of likely N-dealkylation sites (N-methyl/N-ethyl adjacent to an activating group) is 1. The molecule has 1 aliphatic rings. The molecule has 1 aliphatic heterocycles. The number of likely N-dealkylation sites (tertiary alicyclic amines) is 1. The summed E-state index contributed by atoms with van der Waals surface area (Å²) in [6.45, 7) is 1.87. The summed E-state index contributed by atoms with van der Waals surface area (Å²) in [5.41, 5.74) is 0. The van der Waals surface area contributed by atoms with E-state index in [4.69, 9.17) is 0 Å². The predicted octanol–water partition coefficient (Wildman–Crippen LogP) is -0.485. The molecule has 0 spiro atoms. The van der Waals surface area contributed by atoms with Crippen LogP contribution in [0.5, 0.6) is 0 Å². The minimum Gasteiger partial charge on any atom is -0.388 e. The number of allylic oxidation sites excluding steroid dienone is 1. The van der Waals surface area contributed by atoms with E-state index >= 15 is 0 Å². The Labute approximate surface area is 77.5 Å². The smallest absolute Gasteiger partial charge is 0.254 e. The molecule has 0 aliphatic carbocycles. The highest BCUT2D eigenvalue weighted by atomic mass is 16.3. The van der Waals surface area contributed by atoms with Crippen molar-refractivity contribution in [1.82, 2.24) is 4.90 Å². The van der Waals surface area contributed by atoms with Gasteiger partial charge in [-0.2, -0.15) is 0 Å². The fourth-order valence-corrected chi connectivity index (χ4v) is 1.53. The highest BCUT2D eigenvalue weighted by Gasteiger charge is 2.43. The summed E-state index contributed by atoms with van der Waals surface area (Å²) in [6, 6.07) is -0.293. The van der Waals surface area contributed by atoms with Crippen LogP contribution in [-0.2, 0) is 4.79 Å². The van der Waals surface area contributed by atoms with Crippen LogP contribution in [0.2, 0.25) is 0 Å². The topological polar surface area (TPSA) is 60.8 Å². The zero-order valence-corrected chi connectivity index (χ0v) is 7.84. The lowest BCUT2D eigenvalue weighted by atomic mass is 10.1. The second-order valence-corrected chi connectivity index (χ2v) is 3.26. The normalized spacial score (nSPS) is 34.9. The van der Waals surface area contributed by atoms with E-state index in [0.717, 1.165) is 0 Å². The molecule has 0 aromatic rings. The molecule has 2 N–H and O–H groups in total. The second-order valence-electron chi connectivity index (χ2n) is 3.26. The van der Waals surface area contributed by atoms with Crippen LogP contribution in [0.4, 0.5) is 0 Å². The van der Waals surface area contributed by atoms with Crippen molar-refractivity contribution in [3.63, 3.8) is 0 Å². The van der Waals surface area contributed by atoms with E-state index in [0.29, 0.717) is 6.42 Å². The molecule has 0 saturated carbocycles. The van der Waals surface area contributed by atoms with Gasteiger partial charge in [-0.05, 0) is 13.3 Å². The molecule has 74 valence electrons. The fourth-order valence-electron chi connectivity index (χ4n) is 1.53. The molecule has 1 amide bonds. The SMILES string of the molecule is C/C=C/C[C@H]1[C@@H](O)[C@H](O)C(=O)N1C. The number of amides is 1. The Morgan fingerprint density at radius 1 is 1.54 bits per heavy atom. The molecule has 1 heterocycles. The van der Waals surface area contributed by atoms with Crippen LogP contribution in [-0.4, -0.2) is 46.3 Å². The van der Waals surface area contributed by atoms with E-state index in [1.54, 1.807) is 7.05 Å². The summed E-state index contributed by atoms with van der Waals surface area (Å²) in [5, 5.41) is 18.7. The Balaban J connectivity index is 2.69. The fraction of sp³-hybridized carbons (Fsp3) is 0.667. The third-order valence-corrected chi connectivity index (χ3v) is 2.43. The highest BCUT2D eigenvalue weighted by Crippen LogP contribution is 2.20. The predicted molar refractivity (Wildman–Crippen MR) is 48.0 cm³/mol. The summed E-state index contributed by atoms with van der Waals surface area (Å²) in [6.07, 6.45) is 2.09. The number of aliphatic hydroxyl groups is 2. The molecular formula is C9H15NO3. The summed E-state index contributed by atoms with van der Waals surface area (Å²) < 4.78 is 0. The quantitative estimate of drug-likeness (QED) is 0.571. The summed E-state index contributed by atoms with van der Waals surface area (Å²) in [5.74, 6) is -0.401. The molecule has 1 saturated heterocycles. The third kappa shape index (κ3) is 1.73. The van der Waals surface area contributed by atoms with Gasteiger partial charge in [-0.25, -0.2) is 0 Å². The number of carbonyl (C=O) groups excluding carboxylic acids is 1. The molecule has 0 aromatic carbocycles. The number of carbonyl (C=O) groups is 1. The second kappa shape index (κ2) is 3.89. The molecule has 0 aromatic heterocycles. The average Bonchev–Trinajstić information content (AvgIpc) is 2.30. The molecule has 1 rings (SSSR count). The van der Waals surface area contributed by atoms with Crippen LogP contribution in [0.25, 0.3) is 0 Å². The van der Waals surface area contributed by atoms with Gasteiger partial charge < -0.3 is 15.1 Å². The van der Waals surface area contributed by atoms with Crippen molar-refractivity contribution in [3.05, 3.63) is 12.2 Å². The minimum absolute atomic E-state index is 0.293. The largest absolute Gasteiger partial charge is 0.388 e. The van der Waals surface area contributed by atoms with Gasteiger partial charge in [0.15, 0.2) is 6.10 Å². The van der Waals surface area contributed by atoms with E-state index in [2.05, 4.69) is 0 Å². The Bertz CT molecular complexity index is 227. The molecule has 1 fully saturated rings. The van der Waals surface area contributed by atoms with Gasteiger partial charge in [-0.1, -0.05) is 12.2 Å². The zero-order valence-electron chi connectivity index (χ0n) is 7.84. The Kier molecular flexibility index (Phi) is 3.06. The summed E-state index contributed by atoms with van der Waals surface area (Å²) >= 11 is 0. The van der Waals surface area contributed by atoms with Crippen molar-refractivity contribution < 1.29 is 15.0 Å². The first-order chi connectivity index (χ1) is 6.09. The van der Waals surface area contributed by atoms with E-state index in [1.165, 1.54) is 4.90 Å². The van der Waals surface area contributed by atoms with Crippen LogP contribution < -0.4 is 0 Å². The van der Waals surface area contributed by atoms with Gasteiger partial charge >= 0.3 is 0 Å². The van der Waals surface area contributed by atoms with Gasteiger partial charge in [-0.15, -0.1) is 0 Å². The maximum atomic E-state index is 11.2. The molecular weight excluding hydrogens is 170 g/mol. The molecule has 0 unspecified atom stereocenters. The zero-order chi connectivity index (χ0) is 10.0. The first kappa shape index (κ1) is 10.2. The van der Waals surface area contributed by atoms with Crippen molar-refractivity contribution in [1.29, 1.82) is 0 Å². The number of aliphatic hydroxyl groups excluding tert-OH is 2. The number of hydrogen-bond acceptors (Lipinski definition) is 3. The van der Waals surface area contributed by atoms with Crippen molar-refractivity contribution in [3.8, 4) is 0 Å². The Hall–Kier alpha value is -0.870. The molecule has 4 heteroatoms. The molecule has 0 radical (unpaired) electrons. The van der Waals surface area contributed by atoms with Crippen LogP contribution in [0.15, 0.2) is 12.2 Å². The molecule has 0 bridgehead atoms. The molecule has 4 nitrogen and oxygen atoms in total. The van der Waals surface area contributed by atoms with Crippen LogP contribution >= 0.6 is 0 Å². The van der Waals surface area contributed by atoms with Crippen molar-refractivity contribution in [2.75, 3.05) is 7.05 Å². The van der Waals surface area contributed by atoms with Crippen LogP contribution in [0.1, 0.15) is 13.3 Å². The Morgan fingerprint density at radius 2 is 2.15 bits per heavy atom. The van der Waals surface area contributed by atoms with Crippen molar-refractivity contribution in [2.24, 2.45) is 0 Å². The number of nitrogens with zero attached hydrogens (tertiary/aromatic N) is 1. The van der Waals surface area contributed by atoms with E-state index in [9.17, 15) is 15.0 Å². The third-order valence-electron chi connectivity index (χ3n) is 2.43. The van der Waals surface area contributed by atoms with E-state index in [1.807, 2.05) is 19.1 Å². The standard InChI is InChI=1S/C9H15NO3/c1-3-4-5-6-7(11)8(12)9(13)10(6)2/h3-4,6-8,11-12H,5H2,1-2H3/b4-3+/t6-,7+,8-/m0/s1. The van der Waals surface area contributed by atoms with Gasteiger partial charge in [0.1, 0.15) is 6.10 Å². The highest BCUT2D eigenvalue weighted by molar-refractivity contribution is 5.84. The molecule has 13 heavy (non-hydrogen) atoms. The first-order valence-corrected chi connectivity index (χ1v) is 4.33. The minimum atomic E-state index is -1.25. The maximum Gasteiger partial charge on any atom is 0.254 e. The lowest BCUT2D eigenvalue weighted by Gasteiger charge is -2.19. The summed E-state index contributed by atoms with van der Waals surface area (Å²) in [4.78, 5) is 12.6. The van der Waals surface area contributed by atoms with Gasteiger partial charge in [0.25, 0.3) is 5.91 Å². The van der Waals surface area contributed by atoms with Crippen LogP contribution in [0, 0.1) is 0 Å². The number of rotatable bonds is 2. The van der Waals surface area contributed by atoms with Gasteiger partial charge in [-0.3, -0.25) is 4.79 Å². The summed E-state index contributed by atoms with van der Waals surface area (Å²) in [7, 11) is 1.59. The maximum absolute atomic E-state index is 11.2. The monoisotopic (exact) mass is 185 g/mol. The van der Waals surface area contributed by atoms with Gasteiger partial charge in [0.2, 0.25) is 0 Å². The lowest BCUT2D eigenvalue weighted by Crippen LogP contribution is -2.33. The Morgan fingerprint density at radius 3 is 2.54 bits per heavy atom. The van der Waals surface area contributed by atoms with E-state index < -0.39 is 18.1 Å². The van der Waals surface area contributed by atoms with E-state index in [-0.39, 0.29) is 6.04 Å². The van der Waals surface area contributed by atoms with Crippen molar-refractivity contribution >= 4 is 5.91 Å². The van der Waals surface area contributed by atoms with Crippen LogP contribution in [0.3, 0.4) is 0 Å². The average molecular weight is 185 g/mol. The van der Waals surface area contributed by atoms with Crippen molar-refractivity contribution in [2.45, 2.75) is 31.6 Å². The molecule has 3 atom stereocenters.